The fourth-order valence-corrected chi connectivity index (χ4v) is 2.37. The van der Waals surface area contributed by atoms with E-state index >= 15 is 0 Å². The third-order valence-electron chi connectivity index (χ3n) is 3.34. The van der Waals surface area contributed by atoms with Crippen molar-refractivity contribution < 1.29 is 0 Å². The summed E-state index contributed by atoms with van der Waals surface area (Å²) in [6.45, 7) is 5.19. The summed E-state index contributed by atoms with van der Waals surface area (Å²) in [6.07, 6.45) is 4.11. The maximum atomic E-state index is 4.27. The van der Waals surface area contributed by atoms with Gasteiger partial charge in [0.15, 0.2) is 0 Å². The van der Waals surface area contributed by atoms with E-state index in [9.17, 15) is 0 Å². The Bertz CT molecular complexity index is 494. The molecule has 0 amide bonds. The van der Waals surface area contributed by atoms with E-state index in [1.807, 2.05) is 13.1 Å². The average molecular weight is 254 g/mol. The molecule has 1 atom stereocenters. The molecule has 19 heavy (non-hydrogen) atoms. The van der Waals surface area contributed by atoms with E-state index < -0.39 is 0 Å². The number of hydrogen-bond acceptors (Lipinski definition) is 2. The van der Waals surface area contributed by atoms with Crippen LogP contribution in [0.5, 0.6) is 0 Å². The van der Waals surface area contributed by atoms with Crippen LogP contribution < -0.4 is 5.32 Å². The van der Waals surface area contributed by atoms with Crippen molar-refractivity contribution in [2.24, 2.45) is 0 Å². The number of nitrogens with one attached hydrogen (secondary N) is 1. The Hall–Kier alpha value is -1.67. The second-order valence-electron chi connectivity index (χ2n) is 4.87. The van der Waals surface area contributed by atoms with Gasteiger partial charge in [-0.1, -0.05) is 37.3 Å². The van der Waals surface area contributed by atoms with Crippen molar-refractivity contribution >= 4 is 0 Å². The van der Waals surface area contributed by atoms with Crippen molar-refractivity contribution in [3.8, 4) is 0 Å². The number of hydrogen-bond donors (Lipinski definition) is 1. The third-order valence-corrected chi connectivity index (χ3v) is 3.34. The third kappa shape index (κ3) is 4.18. The zero-order chi connectivity index (χ0) is 13.5. The van der Waals surface area contributed by atoms with Crippen molar-refractivity contribution in [1.29, 1.82) is 0 Å². The number of aryl methyl sites for hydroxylation is 2. The minimum atomic E-state index is 0.409. The lowest BCUT2D eigenvalue weighted by molar-refractivity contribution is 0.514. The second-order valence-corrected chi connectivity index (χ2v) is 4.87. The molecule has 0 saturated carbocycles. The summed E-state index contributed by atoms with van der Waals surface area (Å²) in [7, 11) is 0. The zero-order valence-electron chi connectivity index (χ0n) is 11.8. The summed E-state index contributed by atoms with van der Waals surface area (Å²) in [5.41, 5.74) is 3.82. The van der Waals surface area contributed by atoms with Crippen LogP contribution in [0.1, 0.15) is 36.2 Å². The standard InChI is InChI=1S/C17H22N2/c1-3-18-17(16-11-12-19-14(2)13-16)10-9-15-7-5-4-6-8-15/h4-8,11-13,17-18H,3,9-10H2,1-2H3. The summed E-state index contributed by atoms with van der Waals surface area (Å²) >= 11 is 0. The molecule has 1 heterocycles. The van der Waals surface area contributed by atoms with Crippen LogP contribution in [0, 0.1) is 6.92 Å². The molecule has 2 aromatic rings. The number of pyridine rings is 1. The predicted octanol–water partition coefficient (Wildman–Crippen LogP) is 3.67. The molecule has 0 bridgehead atoms. The first-order valence-corrected chi connectivity index (χ1v) is 6.99. The first-order valence-electron chi connectivity index (χ1n) is 6.99. The van der Waals surface area contributed by atoms with E-state index in [-0.39, 0.29) is 0 Å². The van der Waals surface area contributed by atoms with E-state index in [1.54, 1.807) is 0 Å². The van der Waals surface area contributed by atoms with Crippen molar-refractivity contribution in [3.05, 3.63) is 65.5 Å². The first-order chi connectivity index (χ1) is 9.29. The van der Waals surface area contributed by atoms with Crippen LogP contribution in [0.3, 0.4) is 0 Å². The van der Waals surface area contributed by atoms with Gasteiger partial charge >= 0.3 is 0 Å². The molecule has 1 unspecified atom stereocenters. The second kappa shape index (κ2) is 7.05. The van der Waals surface area contributed by atoms with Gasteiger partial charge in [0.25, 0.3) is 0 Å². The summed E-state index contributed by atoms with van der Waals surface area (Å²) in [6, 6.07) is 15.4. The maximum Gasteiger partial charge on any atom is 0.0375 e. The monoisotopic (exact) mass is 254 g/mol. The summed E-state index contributed by atoms with van der Waals surface area (Å²) in [4.78, 5) is 4.27. The first kappa shape index (κ1) is 13.8. The Morgan fingerprint density at radius 3 is 2.63 bits per heavy atom. The Morgan fingerprint density at radius 2 is 1.95 bits per heavy atom. The molecule has 1 aromatic heterocycles. The van der Waals surface area contributed by atoms with Crippen LogP contribution in [0.4, 0.5) is 0 Å². The molecule has 0 fully saturated rings. The topological polar surface area (TPSA) is 24.9 Å². The lowest BCUT2D eigenvalue weighted by Gasteiger charge is -2.18. The van der Waals surface area contributed by atoms with Crippen molar-refractivity contribution in [3.63, 3.8) is 0 Å². The molecule has 0 aliphatic heterocycles. The molecule has 0 aliphatic carbocycles. The lowest BCUT2D eigenvalue weighted by Crippen LogP contribution is -2.21. The summed E-state index contributed by atoms with van der Waals surface area (Å²) in [5, 5.41) is 3.57. The van der Waals surface area contributed by atoms with E-state index in [1.165, 1.54) is 11.1 Å². The Balaban J connectivity index is 2.04. The Labute approximate surface area is 115 Å². The summed E-state index contributed by atoms with van der Waals surface area (Å²) in [5.74, 6) is 0. The van der Waals surface area contributed by atoms with Crippen LogP contribution in [-0.4, -0.2) is 11.5 Å². The van der Waals surface area contributed by atoms with Crippen molar-refractivity contribution in [2.75, 3.05) is 6.54 Å². The van der Waals surface area contributed by atoms with Gasteiger partial charge in [-0.3, -0.25) is 4.98 Å². The smallest absolute Gasteiger partial charge is 0.0375 e. The molecule has 2 heteroatoms. The molecule has 2 rings (SSSR count). The van der Waals surface area contributed by atoms with Gasteiger partial charge in [0, 0.05) is 17.9 Å². The van der Waals surface area contributed by atoms with Crippen LogP contribution >= 0.6 is 0 Å². The van der Waals surface area contributed by atoms with Gasteiger partial charge in [0.2, 0.25) is 0 Å². The maximum absolute atomic E-state index is 4.27. The Kier molecular flexibility index (Phi) is 5.10. The van der Waals surface area contributed by atoms with Gasteiger partial charge in [-0.25, -0.2) is 0 Å². The molecule has 2 nitrogen and oxygen atoms in total. The van der Waals surface area contributed by atoms with Gasteiger partial charge < -0.3 is 5.32 Å². The van der Waals surface area contributed by atoms with Gasteiger partial charge in [0.05, 0.1) is 0 Å². The van der Waals surface area contributed by atoms with Gasteiger partial charge in [-0.05, 0) is 49.6 Å². The van der Waals surface area contributed by atoms with E-state index in [4.69, 9.17) is 0 Å². The number of aromatic nitrogens is 1. The summed E-state index contributed by atoms with van der Waals surface area (Å²) < 4.78 is 0. The number of nitrogens with zero attached hydrogens (tertiary/aromatic N) is 1. The van der Waals surface area contributed by atoms with Crippen molar-refractivity contribution in [2.45, 2.75) is 32.7 Å². The van der Waals surface area contributed by atoms with E-state index in [0.29, 0.717) is 6.04 Å². The zero-order valence-corrected chi connectivity index (χ0v) is 11.8. The van der Waals surface area contributed by atoms with E-state index in [2.05, 4.69) is 59.7 Å². The SMILES string of the molecule is CCNC(CCc1ccccc1)c1ccnc(C)c1. The van der Waals surface area contributed by atoms with Crippen LogP contribution in [0.2, 0.25) is 0 Å². The molecule has 0 saturated heterocycles. The predicted molar refractivity (Wildman–Crippen MR) is 80.2 cm³/mol. The minimum Gasteiger partial charge on any atom is -0.310 e. The van der Waals surface area contributed by atoms with E-state index in [0.717, 1.165) is 25.1 Å². The fourth-order valence-electron chi connectivity index (χ4n) is 2.37. The molecule has 1 N–H and O–H groups in total. The van der Waals surface area contributed by atoms with Gasteiger partial charge in [-0.15, -0.1) is 0 Å². The largest absolute Gasteiger partial charge is 0.310 e. The lowest BCUT2D eigenvalue weighted by atomic mass is 9.99. The molecule has 0 aliphatic rings. The van der Waals surface area contributed by atoms with Gasteiger partial charge in [-0.2, -0.15) is 0 Å². The quantitative estimate of drug-likeness (QED) is 0.850. The normalized spacial score (nSPS) is 12.3. The molecule has 1 aromatic carbocycles. The van der Waals surface area contributed by atoms with Crippen LogP contribution in [-0.2, 0) is 6.42 Å². The molecule has 0 radical (unpaired) electrons. The number of benzene rings is 1. The molecular formula is C17H22N2. The number of rotatable bonds is 6. The molecule has 100 valence electrons. The highest BCUT2D eigenvalue weighted by Gasteiger charge is 2.10. The Morgan fingerprint density at radius 1 is 1.16 bits per heavy atom. The molecular weight excluding hydrogens is 232 g/mol. The molecule has 0 spiro atoms. The highest BCUT2D eigenvalue weighted by Crippen LogP contribution is 2.19. The fraction of sp³-hybridized carbons (Fsp3) is 0.353. The highest BCUT2D eigenvalue weighted by molar-refractivity contribution is 5.21. The minimum absolute atomic E-state index is 0.409. The van der Waals surface area contributed by atoms with Crippen LogP contribution in [0.25, 0.3) is 0 Å². The van der Waals surface area contributed by atoms with Crippen molar-refractivity contribution in [1.82, 2.24) is 10.3 Å². The van der Waals surface area contributed by atoms with Crippen LogP contribution in [0.15, 0.2) is 48.7 Å². The average Bonchev–Trinajstić information content (AvgIpc) is 2.44. The highest BCUT2D eigenvalue weighted by atomic mass is 14.9. The van der Waals surface area contributed by atoms with Gasteiger partial charge in [0.1, 0.15) is 0 Å².